The van der Waals surface area contributed by atoms with Gasteiger partial charge in [-0.25, -0.2) is 0 Å². The second kappa shape index (κ2) is 5.68. The van der Waals surface area contributed by atoms with Gasteiger partial charge in [0.2, 0.25) is 5.76 Å². The van der Waals surface area contributed by atoms with Crippen LogP contribution in [0.3, 0.4) is 0 Å². The summed E-state index contributed by atoms with van der Waals surface area (Å²) >= 11 is 0. The van der Waals surface area contributed by atoms with Gasteiger partial charge in [-0.1, -0.05) is 25.1 Å². The van der Waals surface area contributed by atoms with Crippen LogP contribution in [-0.2, 0) is 0 Å². The van der Waals surface area contributed by atoms with E-state index in [1.54, 1.807) is 12.3 Å². The lowest BCUT2D eigenvalue weighted by Gasteiger charge is -2.22. The second-order valence-electron chi connectivity index (χ2n) is 5.68. The molecule has 0 aromatic carbocycles. The second-order valence-corrected chi connectivity index (χ2v) is 5.68. The summed E-state index contributed by atoms with van der Waals surface area (Å²) < 4.78 is 5.22. The first-order chi connectivity index (χ1) is 10.2. The van der Waals surface area contributed by atoms with Crippen molar-refractivity contribution < 1.29 is 9.32 Å². The minimum absolute atomic E-state index is 0.0336. The number of carbonyl (C=O) groups excluding carboxylic acids is 1. The molecule has 1 aliphatic heterocycles. The molecule has 21 heavy (non-hydrogen) atoms. The standard InChI is InChI=1S/C16H19N3O2/c1-11(2)13-10-15(21-18-13)16(20)19-9-5-7-14(19)12-6-3-4-8-17-12/h3-4,6,8,10-11,14H,5,7,9H2,1-2H3/t14-/m0/s1. The quantitative estimate of drug-likeness (QED) is 0.869. The average molecular weight is 285 g/mol. The monoisotopic (exact) mass is 285 g/mol. The Balaban J connectivity index is 1.83. The number of rotatable bonds is 3. The Morgan fingerprint density at radius 3 is 2.95 bits per heavy atom. The molecule has 1 aliphatic rings. The maximum atomic E-state index is 12.6. The Hall–Kier alpha value is -2.17. The van der Waals surface area contributed by atoms with Crippen molar-refractivity contribution in [2.24, 2.45) is 0 Å². The van der Waals surface area contributed by atoms with Crippen molar-refractivity contribution in [3.8, 4) is 0 Å². The van der Waals surface area contributed by atoms with Crippen molar-refractivity contribution in [3.63, 3.8) is 0 Å². The van der Waals surface area contributed by atoms with Crippen LogP contribution in [0.4, 0.5) is 0 Å². The topological polar surface area (TPSA) is 59.2 Å². The molecule has 5 heteroatoms. The summed E-state index contributed by atoms with van der Waals surface area (Å²) in [6.07, 6.45) is 3.69. The Morgan fingerprint density at radius 2 is 2.29 bits per heavy atom. The minimum atomic E-state index is -0.0949. The van der Waals surface area contributed by atoms with Crippen molar-refractivity contribution in [2.45, 2.75) is 38.6 Å². The maximum Gasteiger partial charge on any atom is 0.293 e. The molecular weight excluding hydrogens is 266 g/mol. The third kappa shape index (κ3) is 2.68. The van der Waals surface area contributed by atoms with Gasteiger partial charge in [-0.3, -0.25) is 9.78 Å². The molecular formula is C16H19N3O2. The lowest BCUT2D eigenvalue weighted by atomic mass is 10.1. The highest BCUT2D eigenvalue weighted by Gasteiger charge is 2.33. The molecule has 0 unspecified atom stereocenters. The Morgan fingerprint density at radius 1 is 1.43 bits per heavy atom. The van der Waals surface area contributed by atoms with E-state index in [0.29, 0.717) is 5.76 Å². The molecule has 0 spiro atoms. The number of pyridine rings is 1. The number of hydrogen-bond acceptors (Lipinski definition) is 4. The Kier molecular flexibility index (Phi) is 3.73. The molecule has 0 bridgehead atoms. The summed E-state index contributed by atoms with van der Waals surface area (Å²) in [7, 11) is 0. The number of amides is 1. The van der Waals surface area contributed by atoms with Crippen LogP contribution in [0.1, 0.15) is 60.6 Å². The van der Waals surface area contributed by atoms with E-state index in [-0.39, 0.29) is 17.9 Å². The molecule has 2 aromatic heterocycles. The summed E-state index contributed by atoms with van der Waals surface area (Å²) in [5.41, 5.74) is 1.75. The minimum Gasteiger partial charge on any atom is -0.351 e. The van der Waals surface area contributed by atoms with Gasteiger partial charge in [-0.15, -0.1) is 0 Å². The molecule has 3 heterocycles. The highest BCUT2D eigenvalue weighted by molar-refractivity contribution is 5.92. The van der Waals surface area contributed by atoms with Gasteiger partial charge in [0.1, 0.15) is 0 Å². The predicted molar refractivity (Wildman–Crippen MR) is 77.8 cm³/mol. The zero-order valence-electron chi connectivity index (χ0n) is 12.3. The van der Waals surface area contributed by atoms with Crippen LogP contribution in [0.5, 0.6) is 0 Å². The lowest BCUT2D eigenvalue weighted by Crippen LogP contribution is -2.30. The summed E-state index contributed by atoms with van der Waals surface area (Å²) in [5, 5.41) is 3.97. The summed E-state index contributed by atoms with van der Waals surface area (Å²) in [4.78, 5) is 18.9. The van der Waals surface area contributed by atoms with Crippen LogP contribution >= 0.6 is 0 Å². The fourth-order valence-corrected chi connectivity index (χ4v) is 2.69. The van der Waals surface area contributed by atoms with E-state index in [9.17, 15) is 4.79 Å². The first-order valence-corrected chi connectivity index (χ1v) is 7.35. The van der Waals surface area contributed by atoms with Gasteiger partial charge in [0.05, 0.1) is 17.4 Å². The van der Waals surface area contributed by atoms with E-state index in [1.807, 2.05) is 36.9 Å². The van der Waals surface area contributed by atoms with Gasteiger partial charge in [-0.2, -0.15) is 0 Å². The Bertz CT molecular complexity index is 621. The van der Waals surface area contributed by atoms with E-state index in [2.05, 4.69) is 10.1 Å². The van der Waals surface area contributed by atoms with Crippen LogP contribution in [0.15, 0.2) is 35.0 Å². The fourth-order valence-electron chi connectivity index (χ4n) is 2.69. The van der Waals surface area contributed by atoms with Crippen molar-refractivity contribution in [1.82, 2.24) is 15.0 Å². The van der Waals surface area contributed by atoms with Crippen molar-refractivity contribution in [2.75, 3.05) is 6.54 Å². The molecule has 1 fully saturated rings. The molecule has 0 radical (unpaired) electrons. The number of nitrogens with zero attached hydrogens (tertiary/aromatic N) is 3. The molecule has 1 amide bonds. The molecule has 1 atom stereocenters. The predicted octanol–water partition coefficient (Wildman–Crippen LogP) is 3.17. The van der Waals surface area contributed by atoms with Crippen LogP contribution in [0.2, 0.25) is 0 Å². The van der Waals surface area contributed by atoms with Crippen molar-refractivity contribution in [3.05, 3.63) is 47.6 Å². The molecule has 110 valence electrons. The molecule has 5 nitrogen and oxygen atoms in total. The highest BCUT2D eigenvalue weighted by atomic mass is 16.5. The normalized spacial score (nSPS) is 18.4. The van der Waals surface area contributed by atoms with Gasteiger partial charge >= 0.3 is 0 Å². The zero-order valence-corrected chi connectivity index (χ0v) is 12.3. The molecule has 3 rings (SSSR count). The molecule has 1 saturated heterocycles. The zero-order chi connectivity index (χ0) is 14.8. The van der Waals surface area contributed by atoms with E-state index >= 15 is 0 Å². The average Bonchev–Trinajstić information content (AvgIpc) is 3.17. The van der Waals surface area contributed by atoms with E-state index in [1.165, 1.54) is 0 Å². The van der Waals surface area contributed by atoms with Gasteiger partial charge in [-0.05, 0) is 30.9 Å². The SMILES string of the molecule is CC(C)c1cc(C(=O)N2CCC[C@H]2c2ccccn2)on1. The number of hydrogen-bond donors (Lipinski definition) is 0. The molecule has 0 aliphatic carbocycles. The smallest absolute Gasteiger partial charge is 0.293 e. The highest BCUT2D eigenvalue weighted by Crippen LogP contribution is 2.32. The molecule has 2 aromatic rings. The summed E-state index contributed by atoms with van der Waals surface area (Å²) in [6, 6.07) is 7.59. The maximum absolute atomic E-state index is 12.6. The fraction of sp³-hybridized carbons (Fsp3) is 0.438. The van der Waals surface area contributed by atoms with E-state index in [4.69, 9.17) is 4.52 Å². The van der Waals surface area contributed by atoms with Gasteiger partial charge < -0.3 is 9.42 Å². The number of aromatic nitrogens is 2. The van der Waals surface area contributed by atoms with Crippen LogP contribution in [0, 0.1) is 0 Å². The largest absolute Gasteiger partial charge is 0.351 e. The summed E-state index contributed by atoms with van der Waals surface area (Å²) in [6.45, 7) is 4.79. The van der Waals surface area contributed by atoms with E-state index < -0.39 is 0 Å². The van der Waals surface area contributed by atoms with Crippen molar-refractivity contribution >= 4 is 5.91 Å². The first-order valence-electron chi connectivity index (χ1n) is 7.35. The van der Waals surface area contributed by atoms with Crippen LogP contribution in [0.25, 0.3) is 0 Å². The van der Waals surface area contributed by atoms with E-state index in [0.717, 1.165) is 30.8 Å². The number of carbonyl (C=O) groups is 1. The van der Waals surface area contributed by atoms with Crippen LogP contribution < -0.4 is 0 Å². The molecule has 0 N–H and O–H groups in total. The third-order valence-corrected chi connectivity index (χ3v) is 3.87. The van der Waals surface area contributed by atoms with Crippen LogP contribution in [-0.4, -0.2) is 27.5 Å². The summed E-state index contributed by atoms with van der Waals surface area (Å²) in [5.74, 6) is 0.476. The van der Waals surface area contributed by atoms with Gasteiger partial charge in [0.15, 0.2) is 0 Å². The Labute approximate surface area is 124 Å². The third-order valence-electron chi connectivity index (χ3n) is 3.87. The number of likely N-dealkylation sites (tertiary alicyclic amines) is 1. The van der Waals surface area contributed by atoms with Crippen molar-refractivity contribution in [1.29, 1.82) is 0 Å². The molecule has 0 saturated carbocycles. The van der Waals surface area contributed by atoms with Gasteiger partial charge in [0, 0.05) is 18.8 Å². The van der Waals surface area contributed by atoms with Gasteiger partial charge in [0.25, 0.3) is 5.91 Å². The lowest BCUT2D eigenvalue weighted by molar-refractivity contribution is 0.0690. The first kappa shape index (κ1) is 13.8.